The van der Waals surface area contributed by atoms with E-state index in [9.17, 15) is 4.21 Å². The Balaban J connectivity index is 1.68. The van der Waals surface area contributed by atoms with E-state index in [1.165, 1.54) is 5.56 Å². The molecule has 0 spiro atoms. The van der Waals surface area contributed by atoms with Crippen molar-refractivity contribution in [2.45, 2.75) is 32.2 Å². The van der Waals surface area contributed by atoms with Crippen molar-refractivity contribution >= 4 is 10.8 Å². The van der Waals surface area contributed by atoms with E-state index in [1.807, 2.05) is 6.07 Å². The molecule has 0 saturated heterocycles. The summed E-state index contributed by atoms with van der Waals surface area (Å²) in [4.78, 5) is 0. The second-order valence-corrected chi connectivity index (χ2v) is 6.77. The van der Waals surface area contributed by atoms with E-state index in [0.29, 0.717) is 12.8 Å². The van der Waals surface area contributed by atoms with Crippen LogP contribution in [0.2, 0.25) is 0 Å². The molecule has 4 nitrogen and oxygen atoms in total. The van der Waals surface area contributed by atoms with Crippen molar-refractivity contribution in [3.8, 4) is 11.5 Å². The lowest BCUT2D eigenvalue weighted by atomic mass is 10.1. The van der Waals surface area contributed by atoms with E-state index in [-0.39, 0.29) is 0 Å². The average Bonchev–Trinajstić information content (AvgIpc) is 2.88. The van der Waals surface area contributed by atoms with Crippen LogP contribution in [0.1, 0.15) is 25.3 Å². The summed E-state index contributed by atoms with van der Waals surface area (Å²) in [6.07, 6.45) is 4.82. The van der Waals surface area contributed by atoms with Crippen LogP contribution >= 0.6 is 0 Å². The van der Waals surface area contributed by atoms with Crippen LogP contribution in [0.15, 0.2) is 18.2 Å². The first kappa shape index (κ1) is 15.3. The first-order chi connectivity index (χ1) is 9.65. The molecule has 0 radical (unpaired) electrons. The zero-order chi connectivity index (χ0) is 14.4. The standard InChI is InChI=1S/C15H23NO3S/c1-12(16-8-3-9-20(2)17)4-5-13-6-7-14-15(10-13)19-11-18-14/h6-7,10,12,16H,3-5,8-9,11H2,1-2H3. The molecule has 0 aromatic heterocycles. The van der Waals surface area contributed by atoms with E-state index in [0.717, 1.165) is 43.1 Å². The van der Waals surface area contributed by atoms with E-state index in [1.54, 1.807) is 6.26 Å². The summed E-state index contributed by atoms with van der Waals surface area (Å²) >= 11 is 0. The predicted octanol–water partition coefficient (Wildman–Crippen LogP) is 2.09. The maximum atomic E-state index is 11.0. The number of rotatable bonds is 8. The van der Waals surface area contributed by atoms with Gasteiger partial charge in [-0.15, -0.1) is 0 Å². The van der Waals surface area contributed by atoms with Gasteiger partial charge in [0, 0.05) is 28.9 Å². The number of hydrogen-bond acceptors (Lipinski definition) is 4. The molecule has 0 amide bonds. The minimum absolute atomic E-state index is 0.329. The minimum atomic E-state index is -0.680. The number of aryl methyl sites for hydroxylation is 1. The van der Waals surface area contributed by atoms with Gasteiger partial charge in [0.25, 0.3) is 0 Å². The Hall–Kier alpha value is -1.07. The molecule has 1 aromatic carbocycles. The first-order valence-corrected chi connectivity index (χ1v) is 8.80. The van der Waals surface area contributed by atoms with Crippen LogP contribution in [0.4, 0.5) is 0 Å². The van der Waals surface area contributed by atoms with Gasteiger partial charge in [-0.25, -0.2) is 0 Å². The van der Waals surface area contributed by atoms with Crippen LogP contribution in [0.5, 0.6) is 11.5 Å². The second kappa shape index (κ2) is 7.64. The van der Waals surface area contributed by atoms with Crippen LogP contribution in [-0.4, -0.2) is 35.6 Å². The van der Waals surface area contributed by atoms with Crippen molar-refractivity contribution in [2.75, 3.05) is 25.3 Å². The third-order valence-corrected chi connectivity index (χ3v) is 4.27. The molecule has 20 heavy (non-hydrogen) atoms. The smallest absolute Gasteiger partial charge is 0.231 e. The molecule has 112 valence electrons. The fraction of sp³-hybridized carbons (Fsp3) is 0.600. The number of benzene rings is 1. The van der Waals surface area contributed by atoms with Crippen molar-refractivity contribution in [2.24, 2.45) is 0 Å². The maximum Gasteiger partial charge on any atom is 0.231 e. The van der Waals surface area contributed by atoms with E-state index in [2.05, 4.69) is 24.4 Å². The van der Waals surface area contributed by atoms with Crippen LogP contribution in [0.3, 0.4) is 0 Å². The summed E-state index contributed by atoms with van der Waals surface area (Å²) in [5, 5.41) is 3.47. The number of ether oxygens (including phenoxy) is 2. The van der Waals surface area contributed by atoms with Crippen molar-refractivity contribution < 1.29 is 13.7 Å². The highest BCUT2D eigenvalue weighted by Gasteiger charge is 2.13. The number of hydrogen-bond donors (Lipinski definition) is 1. The van der Waals surface area contributed by atoms with E-state index < -0.39 is 10.8 Å². The van der Waals surface area contributed by atoms with Gasteiger partial charge in [0.05, 0.1) is 0 Å². The first-order valence-electron chi connectivity index (χ1n) is 7.07. The minimum Gasteiger partial charge on any atom is -0.454 e. The Bertz CT molecular complexity index is 464. The molecule has 2 rings (SSSR count). The highest BCUT2D eigenvalue weighted by Crippen LogP contribution is 2.32. The Kier molecular flexibility index (Phi) is 5.86. The molecule has 0 fully saturated rings. The molecule has 0 bridgehead atoms. The molecule has 0 saturated carbocycles. The van der Waals surface area contributed by atoms with Crippen LogP contribution in [0.25, 0.3) is 0 Å². The van der Waals surface area contributed by atoms with Crippen molar-refractivity contribution in [1.29, 1.82) is 0 Å². The summed E-state index contributed by atoms with van der Waals surface area (Å²) in [5.74, 6) is 2.48. The van der Waals surface area contributed by atoms with Gasteiger partial charge in [0.15, 0.2) is 11.5 Å². The van der Waals surface area contributed by atoms with Crippen molar-refractivity contribution in [3.05, 3.63) is 23.8 Å². The Morgan fingerprint density at radius 1 is 1.35 bits per heavy atom. The fourth-order valence-electron chi connectivity index (χ4n) is 2.21. The quantitative estimate of drug-likeness (QED) is 0.747. The van der Waals surface area contributed by atoms with Crippen LogP contribution < -0.4 is 14.8 Å². The van der Waals surface area contributed by atoms with Crippen molar-refractivity contribution in [3.63, 3.8) is 0 Å². The summed E-state index contributed by atoms with van der Waals surface area (Å²) in [6.45, 7) is 3.45. The average molecular weight is 297 g/mol. The summed E-state index contributed by atoms with van der Waals surface area (Å²) in [7, 11) is -0.680. The summed E-state index contributed by atoms with van der Waals surface area (Å²) in [5.41, 5.74) is 1.28. The lowest BCUT2D eigenvalue weighted by Crippen LogP contribution is -2.28. The molecule has 1 heterocycles. The highest BCUT2D eigenvalue weighted by atomic mass is 32.2. The molecule has 0 aliphatic carbocycles. The maximum absolute atomic E-state index is 11.0. The highest BCUT2D eigenvalue weighted by molar-refractivity contribution is 7.84. The third kappa shape index (κ3) is 4.80. The number of fused-ring (bicyclic) bond motifs is 1. The lowest BCUT2D eigenvalue weighted by molar-refractivity contribution is 0.174. The molecule has 5 heteroatoms. The molecule has 1 N–H and O–H groups in total. The molecule has 1 aromatic rings. The predicted molar refractivity (Wildman–Crippen MR) is 81.9 cm³/mol. The van der Waals surface area contributed by atoms with Gasteiger partial charge in [0.1, 0.15) is 0 Å². The normalized spacial score (nSPS) is 16.1. The Labute approximate surface area is 123 Å². The molecule has 2 unspecified atom stereocenters. The van der Waals surface area contributed by atoms with Crippen molar-refractivity contribution in [1.82, 2.24) is 5.32 Å². The zero-order valence-corrected chi connectivity index (χ0v) is 13.0. The molecule has 2 atom stereocenters. The summed E-state index contributed by atoms with van der Waals surface area (Å²) in [6, 6.07) is 6.60. The third-order valence-electron chi connectivity index (χ3n) is 3.40. The fourth-order valence-corrected chi connectivity index (χ4v) is 2.76. The molecule has 1 aliphatic rings. The molecular weight excluding hydrogens is 274 g/mol. The molecule has 1 aliphatic heterocycles. The van der Waals surface area contributed by atoms with Crippen LogP contribution in [0, 0.1) is 0 Å². The Morgan fingerprint density at radius 3 is 2.95 bits per heavy atom. The lowest BCUT2D eigenvalue weighted by Gasteiger charge is -2.13. The van der Waals surface area contributed by atoms with Gasteiger partial charge in [0.2, 0.25) is 6.79 Å². The van der Waals surface area contributed by atoms with E-state index >= 15 is 0 Å². The Morgan fingerprint density at radius 2 is 2.15 bits per heavy atom. The largest absolute Gasteiger partial charge is 0.454 e. The van der Waals surface area contributed by atoms with Gasteiger partial charge in [-0.3, -0.25) is 4.21 Å². The van der Waals surface area contributed by atoms with Gasteiger partial charge in [-0.2, -0.15) is 0 Å². The second-order valence-electron chi connectivity index (χ2n) is 5.21. The zero-order valence-electron chi connectivity index (χ0n) is 12.2. The topological polar surface area (TPSA) is 47.6 Å². The van der Waals surface area contributed by atoms with Gasteiger partial charge < -0.3 is 14.8 Å². The summed E-state index contributed by atoms with van der Waals surface area (Å²) < 4.78 is 21.6. The van der Waals surface area contributed by atoms with Crippen LogP contribution in [-0.2, 0) is 17.2 Å². The van der Waals surface area contributed by atoms with E-state index in [4.69, 9.17) is 9.47 Å². The van der Waals surface area contributed by atoms with Gasteiger partial charge in [-0.1, -0.05) is 6.07 Å². The molecular formula is C15H23NO3S. The monoisotopic (exact) mass is 297 g/mol. The van der Waals surface area contributed by atoms with Gasteiger partial charge >= 0.3 is 0 Å². The SMILES string of the molecule is CC(CCc1ccc2c(c1)OCO2)NCCCS(C)=O. The number of nitrogens with one attached hydrogen (secondary N) is 1. The van der Waals surface area contributed by atoms with Gasteiger partial charge in [-0.05, 0) is 50.4 Å².